The van der Waals surface area contributed by atoms with Crippen molar-refractivity contribution in [2.45, 2.75) is 25.4 Å². The molecule has 0 bridgehead atoms. The molecule has 2 aromatic carbocycles. The van der Waals surface area contributed by atoms with Crippen LogP contribution in [-0.4, -0.2) is 28.8 Å². The molecule has 2 atom stereocenters. The Hall–Kier alpha value is -3.39. The number of quaternary nitrogens is 1. The van der Waals surface area contributed by atoms with Gasteiger partial charge < -0.3 is 29.4 Å². The van der Waals surface area contributed by atoms with Gasteiger partial charge in [0.1, 0.15) is 41.6 Å². The molecule has 8 heteroatoms. The molecule has 4 rings (SSSR count). The van der Waals surface area contributed by atoms with Crippen LogP contribution in [0.4, 0.5) is 4.39 Å². The van der Waals surface area contributed by atoms with Crippen molar-refractivity contribution in [3.63, 3.8) is 0 Å². The summed E-state index contributed by atoms with van der Waals surface area (Å²) in [5.74, 6) is -2.36. The highest BCUT2D eigenvalue weighted by atomic mass is 19.1. The fourth-order valence-electron chi connectivity index (χ4n) is 3.96. The van der Waals surface area contributed by atoms with Crippen molar-refractivity contribution >= 4 is 16.9 Å². The van der Waals surface area contributed by atoms with E-state index in [0.29, 0.717) is 29.8 Å². The zero-order valence-corrected chi connectivity index (χ0v) is 15.3. The van der Waals surface area contributed by atoms with Crippen LogP contribution in [0.2, 0.25) is 0 Å². The van der Waals surface area contributed by atoms with Crippen molar-refractivity contribution in [2.24, 2.45) is 0 Å². The smallest absolute Gasteiger partial charge is 0.204 e. The Kier molecular flexibility index (Phi) is 4.71. The topological polar surface area (TPSA) is 115 Å². The summed E-state index contributed by atoms with van der Waals surface area (Å²) in [6.45, 7) is 0.665. The minimum atomic E-state index is -1.17. The SMILES string of the molecule is O=C([O-])[C@@H]1CCC[NH+]1Cc1c(O)cc(O)c2c(=O)c(-c3ccc(F)cc3)coc12. The predicted molar refractivity (Wildman–Crippen MR) is 98.8 cm³/mol. The standard InChI is InChI=1S/C21H18FNO6/c22-12-5-3-11(4-6-12)14-10-29-20-13(9-23-7-1-2-15(23)21(27)28)16(24)8-17(25)18(20)19(14)26/h3-6,8,10,15,24-25H,1-2,7,9H2,(H,27,28)/t15-/m0/s1. The van der Waals surface area contributed by atoms with Crippen LogP contribution in [0.15, 0.2) is 45.8 Å². The van der Waals surface area contributed by atoms with E-state index in [-0.39, 0.29) is 34.4 Å². The van der Waals surface area contributed by atoms with Crippen LogP contribution in [0.25, 0.3) is 22.1 Å². The van der Waals surface area contributed by atoms with Gasteiger partial charge in [0, 0.05) is 18.9 Å². The van der Waals surface area contributed by atoms with Crippen molar-refractivity contribution < 1.29 is 33.8 Å². The molecule has 1 unspecified atom stereocenters. The number of aliphatic carboxylic acids is 1. The average Bonchev–Trinajstić information content (AvgIpc) is 3.14. The first kappa shape index (κ1) is 18.9. The highest BCUT2D eigenvalue weighted by Crippen LogP contribution is 2.34. The first-order chi connectivity index (χ1) is 13.9. The number of carboxylic acid groups (broad SMARTS) is 1. The van der Waals surface area contributed by atoms with E-state index in [1.54, 1.807) is 0 Å². The van der Waals surface area contributed by atoms with Crippen LogP contribution in [0.3, 0.4) is 0 Å². The highest BCUT2D eigenvalue weighted by Gasteiger charge is 2.32. The molecule has 29 heavy (non-hydrogen) atoms. The van der Waals surface area contributed by atoms with Crippen LogP contribution in [0, 0.1) is 5.82 Å². The Morgan fingerprint density at radius 2 is 1.97 bits per heavy atom. The van der Waals surface area contributed by atoms with Gasteiger partial charge in [0.25, 0.3) is 0 Å². The Morgan fingerprint density at radius 1 is 1.24 bits per heavy atom. The third-order valence-corrected chi connectivity index (χ3v) is 5.43. The molecule has 150 valence electrons. The molecule has 0 amide bonds. The monoisotopic (exact) mass is 399 g/mol. The number of likely N-dealkylation sites (tertiary alicyclic amines) is 1. The molecular formula is C21H18FNO6. The number of hydrogen-bond donors (Lipinski definition) is 3. The lowest BCUT2D eigenvalue weighted by Crippen LogP contribution is -3.14. The van der Waals surface area contributed by atoms with E-state index in [9.17, 15) is 29.3 Å². The fraction of sp³-hybridized carbons (Fsp3) is 0.238. The molecule has 0 aliphatic carbocycles. The lowest BCUT2D eigenvalue weighted by molar-refractivity contribution is -0.919. The number of hydrogen-bond acceptors (Lipinski definition) is 6. The number of benzene rings is 2. The number of phenols is 2. The van der Waals surface area contributed by atoms with Gasteiger partial charge in [-0.1, -0.05) is 12.1 Å². The molecule has 0 saturated carbocycles. The highest BCUT2D eigenvalue weighted by molar-refractivity contribution is 5.90. The minimum absolute atomic E-state index is 0.00476. The maximum absolute atomic E-state index is 13.2. The summed E-state index contributed by atoms with van der Waals surface area (Å²) >= 11 is 0. The van der Waals surface area contributed by atoms with Crippen molar-refractivity contribution in [1.29, 1.82) is 0 Å². The summed E-state index contributed by atoms with van der Waals surface area (Å²) in [5, 5.41) is 31.9. The first-order valence-corrected chi connectivity index (χ1v) is 9.17. The van der Waals surface area contributed by atoms with Crippen molar-refractivity contribution in [2.75, 3.05) is 6.54 Å². The third kappa shape index (κ3) is 3.31. The van der Waals surface area contributed by atoms with Crippen molar-refractivity contribution in [3.8, 4) is 22.6 Å². The Morgan fingerprint density at radius 3 is 2.66 bits per heavy atom. The Labute approximate surface area is 164 Å². The summed E-state index contributed by atoms with van der Waals surface area (Å²) in [6.07, 6.45) is 2.35. The molecular weight excluding hydrogens is 381 g/mol. The van der Waals surface area contributed by atoms with Gasteiger partial charge in [-0.25, -0.2) is 4.39 Å². The maximum atomic E-state index is 13.2. The van der Waals surface area contributed by atoms with Gasteiger partial charge in [-0.15, -0.1) is 0 Å². The number of aromatic hydroxyl groups is 2. The second kappa shape index (κ2) is 7.21. The van der Waals surface area contributed by atoms with Crippen LogP contribution in [0.1, 0.15) is 18.4 Å². The van der Waals surface area contributed by atoms with Gasteiger partial charge >= 0.3 is 0 Å². The summed E-state index contributed by atoms with van der Waals surface area (Å²) in [5.41, 5.74) is 0.242. The van der Waals surface area contributed by atoms with Gasteiger partial charge in [-0.05, 0) is 17.7 Å². The molecule has 3 aromatic rings. The molecule has 7 nitrogen and oxygen atoms in total. The molecule has 1 aliphatic heterocycles. The van der Waals surface area contributed by atoms with E-state index >= 15 is 0 Å². The number of halogens is 1. The van der Waals surface area contributed by atoms with Gasteiger partial charge in [0.2, 0.25) is 5.43 Å². The van der Waals surface area contributed by atoms with Gasteiger partial charge in [-0.3, -0.25) is 4.79 Å². The summed E-state index contributed by atoms with van der Waals surface area (Å²) in [4.78, 5) is 25.0. The number of nitrogens with one attached hydrogen (secondary N) is 1. The second-order valence-electron chi connectivity index (χ2n) is 7.18. The maximum Gasteiger partial charge on any atom is 0.204 e. The first-order valence-electron chi connectivity index (χ1n) is 9.17. The van der Waals surface area contributed by atoms with E-state index in [2.05, 4.69) is 0 Å². The van der Waals surface area contributed by atoms with Crippen molar-refractivity contribution in [1.82, 2.24) is 0 Å². The largest absolute Gasteiger partial charge is 0.544 e. The van der Waals surface area contributed by atoms with Gasteiger partial charge in [0.05, 0.1) is 23.6 Å². The van der Waals surface area contributed by atoms with E-state index in [0.717, 1.165) is 6.07 Å². The molecule has 2 heterocycles. The third-order valence-electron chi connectivity index (χ3n) is 5.43. The molecule has 1 aliphatic rings. The van der Waals surface area contributed by atoms with E-state index in [1.807, 2.05) is 0 Å². The number of phenolic OH excluding ortho intramolecular Hbond substituents is 2. The zero-order chi connectivity index (χ0) is 20.7. The molecule has 0 radical (unpaired) electrons. The predicted octanol–water partition coefficient (Wildman–Crippen LogP) is 0.308. The number of rotatable bonds is 4. The molecule has 3 N–H and O–H groups in total. The molecule has 1 fully saturated rings. The Balaban J connectivity index is 1.84. The van der Waals surface area contributed by atoms with Crippen molar-refractivity contribution in [3.05, 3.63) is 58.2 Å². The number of fused-ring (bicyclic) bond motifs is 1. The number of carbonyl (C=O) groups is 1. The summed E-state index contributed by atoms with van der Waals surface area (Å²) < 4.78 is 18.8. The summed E-state index contributed by atoms with van der Waals surface area (Å²) in [6, 6.07) is 5.58. The zero-order valence-electron chi connectivity index (χ0n) is 15.3. The normalized spacial score (nSPS) is 18.9. The number of carboxylic acids is 1. The van der Waals surface area contributed by atoms with E-state index < -0.39 is 29.0 Å². The average molecular weight is 399 g/mol. The van der Waals surface area contributed by atoms with Crippen LogP contribution < -0.4 is 15.4 Å². The van der Waals surface area contributed by atoms with Crippen LogP contribution >= 0.6 is 0 Å². The van der Waals surface area contributed by atoms with Crippen LogP contribution in [-0.2, 0) is 11.3 Å². The minimum Gasteiger partial charge on any atom is -0.544 e. The van der Waals surface area contributed by atoms with E-state index in [4.69, 9.17) is 4.42 Å². The van der Waals surface area contributed by atoms with E-state index in [1.165, 1.54) is 30.5 Å². The van der Waals surface area contributed by atoms with Gasteiger partial charge in [0.15, 0.2) is 5.58 Å². The lowest BCUT2D eigenvalue weighted by atomic mass is 10.0. The van der Waals surface area contributed by atoms with Crippen LogP contribution in [0.5, 0.6) is 11.5 Å². The molecule has 1 saturated heterocycles. The molecule has 1 aromatic heterocycles. The fourth-order valence-corrected chi connectivity index (χ4v) is 3.96. The second-order valence-corrected chi connectivity index (χ2v) is 7.18. The van der Waals surface area contributed by atoms with Gasteiger partial charge in [-0.2, -0.15) is 0 Å². The summed E-state index contributed by atoms with van der Waals surface area (Å²) in [7, 11) is 0. The molecule has 0 spiro atoms. The Bertz CT molecular complexity index is 1150. The number of carbonyl (C=O) groups excluding carboxylic acids is 1. The quantitative estimate of drug-likeness (QED) is 0.582. The lowest BCUT2D eigenvalue weighted by Gasteiger charge is -2.23.